The van der Waals surface area contributed by atoms with Crippen LogP contribution in [0.5, 0.6) is 11.5 Å². The molecule has 0 atom stereocenters. The standard InChI is InChI=1S/C13H9BrClNO2/c1-8(17)12-4-3-10(7-16-12)18-13-5-2-9(15)6-11(13)14/h2-7H,1H3. The topological polar surface area (TPSA) is 39.2 Å². The SMILES string of the molecule is CC(=O)c1ccc(Oc2ccc(Cl)cc2Br)cn1. The van der Waals surface area contributed by atoms with E-state index in [2.05, 4.69) is 20.9 Å². The van der Waals surface area contributed by atoms with Gasteiger partial charge in [-0.05, 0) is 46.3 Å². The van der Waals surface area contributed by atoms with E-state index in [4.69, 9.17) is 16.3 Å². The summed E-state index contributed by atoms with van der Waals surface area (Å²) < 4.78 is 6.37. The number of ether oxygens (including phenoxy) is 1. The average molecular weight is 327 g/mol. The highest BCUT2D eigenvalue weighted by molar-refractivity contribution is 9.10. The molecule has 2 aromatic rings. The largest absolute Gasteiger partial charge is 0.455 e. The molecule has 92 valence electrons. The Labute approximate surface area is 118 Å². The zero-order valence-electron chi connectivity index (χ0n) is 9.48. The van der Waals surface area contributed by atoms with Crippen LogP contribution in [0.3, 0.4) is 0 Å². The predicted molar refractivity (Wildman–Crippen MR) is 73.5 cm³/mol. The van der Waals surface area contributed by atoms with Crippen molar-refractivity contribution in [1.29, 1.82) is 0 Å². The van der Waals surface area contributed by atoms with Crippen molar-refractivity contribution in [2.75, 3.05) is 0 Å². The fourth-order valence-corrected chi connectivity index (χ4v) is 2.10. The first-order chi connectivity index (χ1) is 8.56. The smallest absolute Gasteiger partial charge is 0.178 e. The van der Waals surface area contributed by atoms with Gasteiger partial charge in [0.25, 0.3) is 0 Å². The number of rotatable bonds is 3. The Balaban J connectivity index is 2.21. The first-order valence-electron chi connectivity index (χ1n) is 5.16. The van der Waals surface area contributed by atoms with Crippen LogP contribution in [0, 0.1) is 0 Å². The van der Waals surface area contributed by atoms with Gasteiger partial charge in [0.2, 0.25) is 0 Å². The van der Waals surface area contributed by atoms with Crippen LogP contribution in [0.2, 0.25) is 5.02 Å². The molecule has 0 aliphatic carbocycles. The number of ketones is 1. The molecule has 1 aromatic carbocycles. The van der Waals surface area contributed by atoms with Crippen LogP contribution in [0.25, 0.3) is 0 Å². The van der Waals surface area contributed by atoms with Crippen LogP contribution in [-0.4, -0.2) is 10.8 Å². The number of halogens is 2. The van der Waals surface area contributed by atoms with Gasteiger partial charge < -0.3 is 4.74 Å². The third kappa shape index (κ3) is 3.09. The number of pyridine rings is 1. The summed E-state index contributed by atoms with van der Waals surface area (Å²) in [6.07, 6.45) is 1.51. The molecule has 0 bridgehead atoms. The van der Waals surface area contributed by atoms with Crippen molar-refractivity contribution in [3.63, 3.8) is 0 Å². The second-order valence-corrected chi connectivity index (χ2v) is 4.90. The first kappa shape index (κ1) is 13.1. The highest BCUT2D eigenvalue weighted by Gasteiger charge is 2.05. The van der Waals surface area contributed by atoms with E-state index >= 15 is 0 Å². The molecule has 0 aliphatic rings. The number of Topliss-reactive ketones (excluding diaryl/α,β-unsaturated/α-hetero) is 1. The van der Waals surface area contributed by atoms with Gasteiger partial charge >= 0.3 is 0 Å². The lowest BCUT2D eigenvalue weighted by Gasteiger charge is -2.07. The van der Waals surface area contributed by atoms with Crippen LogP contribution >= 0.6 is 27.5 Å². The summed E-state index contributed by atoms with van der Waals surface area (Å²) in [7, 11) is 0. The Hall–Kier alpha value is -1.39. The Morgan fingerprint density at radius 3 is 2.67 bits per heavy atom. The van der Waals surface area contributed by atoms with Crippen molar-refractivity contribution in [3.8, 4) is 11.5 Å². The number of hydrogen-bond acceptors (Lipinski definition) is 3. The quantitative estimate of drug-likeness (QED) is 0.780. The molecule has 0 amide bonds. The molecule has 0 saturated heterocycles. The van der Waals surface area contributed by atoms with E-state index in [1.54, 1.807) is 30.3 Å². The molecule has 0 unspecified atom stereocenters. The van der Waals surface area contributed by atoms with Crippen LogP contribution < -0.4 is 4.74 Å². The lowest BCUT2D eigenvalue weighted by Crippen LogP contribution is -1.96. The number of nitrogens with zero attached hydrogens (tertiary/aromatic N) is 1. The van der Waals surface area contributed by atoms with Crippen molar-refractivity contribution in [1.82, 2.24) is 4.98 Å². The maximum Gasteiger partial charge on any atom is 0.178 e. The van der Waals surface area contributed by atoms with E-state index in [-0.39, 0.29) is 5.78 Å². The normalized spacial score (nSPS) is 10.2. The molecule has 0 saturated carbocycles. The molecule has 3 nitrogen and oxygen atoms in total. The fourth-order valence-electron chi connectivity index (χ4n) is 1.33. The van der Waals surface area contributed by atoms with E-state index in [1.165, 1.54) is 13.1 Å². The molecule has 0 aliphatic heterocycles. The van der Waals surface area contributed by atoms with E-state index in [9.17, 15) is 4.79 Å². The monoisotopic (exact) mass is 325 g/mol. The Bertz CT molecular complexity index is 584. The molecule has 0 fully saturated rings. The molecule has 1 aromatic heterocycles. The second kappa shape index (κ2) is 5.50. The predicted octanol–water partition coefficient (Wildman–Crippen LogP) is 4.49. The molecular weight excluding hydrogens is 318 g/mol. The second-order valence-electron chi connectivity index (χ2n) is 3.61. The van der Waals surface area contributed by atoms with Crippen molar-refractivity contribution in [2.24, 2.45) is 0 Å². The van der Waals surface area contributed by atoms with Gasteiger partial charge in [-0.2, -0.15) is 0 Å². The van der Waals surface area contributed by atoms with Gasteiger partial charge in [-0.15, -0.1) is 0 Å². The number of benzene rings is 1. The van der Waals surface area contributed by atoms with Gasteiger partial charge in [-0.3, -0.25) is 4.79 Å². The van der Waals surface area contributed by atoms with Crippen LogP contribution in [0.4, 0.5) is 0 Å². The van der Waals surface area contributed by atoms with Crippen LogP contribution in [0.15, 0.2) is 41.0 Å². The maximum atomic E-state index is 11.1. The number of aromatic nitrogens is 1. The van der Waals surface area contributed by atoms with E-state index in [1.807, 2.05) is 0 Å². The Morgan fingerprint density at radius 1 is 1.33 bits per heavy atom. The lowest BCUT2D eigenvalue weighted by atomic mass is 10.3. The summed E-state index contributed by atoms with van der Waals surface area (Å²) in [4.78, 5) is 15.1. The molecule has 1 heterocycles. The van der Waals surface area contributed by atoms with Crippen molar-refractivity contribution in [3.05, 3.63) is 51.7 Å². The van der Waals surface area contributed by atoms with E-state index < -0.39 is 0 Å². The summed E-state index contributed by atoms with van der Waals surface area (Å²) in [5.41, 5.74) is 0.414. The molecular formula is C13H9BrClNO2. The number of carbonyl (C=O) groups is 1. The van der Waals surface area contributed by atoms with Gasteiger partial charge in [0.1, 0.15) is 17.2 Å². The summed E-state index contributed by atoms with van der Waals surface area (Å²) in [6.45, 7) is 1.47. The molecule has 5 heteroatoms. The molecule has 2 rings (SSSR count). The molecule has 0 N–H and O–H groups in total. The van der Waals surface area contributed by atoms with Gasteiger partial charge in [-0.25, -0.2) is 4.98 Å². The maximum absolute atomic E-state index is 11.1. The van der Waals surface area contributed by atoms with Gasteiger partial charge in [-0.1, -0.05) is 11.6 Å². The highest BCUT2D eigenvalue weighted by Crippen LogP contribution is 2.31. The van der Waals surface area contributed by atoms with Crippen molar-refractivity contribution in [2.45, 2.75) is 6.92 Å². The van der Waals surface area contributed by atoms with Crippen LogP contribution in [-0.2, 0) is 0 Å². The Kier molecular flexibility index (Phi) is 3.99. The van der Waals surface area contributed by atoms with E-state index in [0.717, 1.165) is 4.47 Å². The highest BCUT2D eigenvalue weighted by atomic mass is 79.9. The first-order valence-corrected chi connectivity index (χ1v) is 6.33. The van der Waals surface area contributed by atoms with E-state index in [0.29, 0.717) is 22.2 Å². The fraction of sp³-hybridized carbons (Fsp3) is 0.0769. The Morgan fingerprint density at radius 2 is 2.11 bits per heavy atom. The van der Waals surface area contributed by atoms with Gasteiger partial charge in [0, 0.05) is 11.9 Å². The molecule has 0 radical (unpaired) electrons. The lowest BCUT2D eigenvalue weighted by molar-refractivity contribution is 0.101. The summed E-state index contributed by atoms with van der Waals surface area (Å²) in [5.74, 6) is 1.12. The minimum absolute atomic E-state index is 0.0748. The summed E-state index contributed by atoms with van der Waals surface area (Å²) >= 11 is 9.20. The zero-order chi connectivity index (χ0) is 13.1. The molecule has 18 heavy (non-hydrogen) atoms. The summed E-state index contributed by atoms with van der Waals surface area (Å²) in [6, 6.07) is 8.56. The number of hydrogen-bond donors (Lipinski definition) is 0. The third-order valence-corrected chi connectivity index (χ3v) is 3.07. The van der Waals surface area contributed by atoms with Crippen LogP contribution in [0.1, 0.15) is 17.4 Å². The number of carbonyl (C=O) groups excluding carboxylic acids is 1. The minimum Gasteiger partial charge on any atom is -0.455 e. The molecule has 0 spiro atoms. The third-order valence-electron chi connectivity index (χ3n) is 2.22. The average Bonchev–Trinajstić information content (AvgIpc) is 2.33. The minimum atomic E-state index is -0.0748. The summed E-state index contributed by atoms with van der Waals surface area (Å²) in [5, 5.41) is 0.624. The zero-order valence-corrected chi connectivity index (χ0v) is 11.8. The van der Waals surface area contributed by atoms with Gasteiger partial charge in [0.15, 0.2) is 5.78 Å². The van der Waals surface area contributed by atoms with Crippen molar-refractivity contribution >= 4 is 33.3 Å². The van der Waals surface area contributed by atoms with Crippen molar-refractivity contribution < 1.29 is 9.53 Å². The van der Waals surface area contributed by atoms with Gasteiger partial charge in [0.05, 0.1) is 10.7 Å².